The predicted molar refractivity (Wildman–Crippen MR) is 124 cm³/mol. The van der Waals surface area contributed by atoms with Crippen LogP contribution in [0.2, 0.25) is 0 Å². The van der Waals surface area contributed by atoms with Crippen molar-refractivity contribution in [2.45, 2.75) is 9.96 Å². The zero-order chi connectivity index (χ0) is 20.2. The quantitative estimate of drug-likeness (QED) is 0.212. The van der Waals surface area contributed by atoms with Gasteiger partial charge in [-0.3, -0.25) is 4.79 Å². The van der Waals surface area contributed by atoms with E-state index < -0.39 is 0 Å². The van der Waals surface area contributed by atoms with Gasteiger partial charge in [0.2, 0.25) is 5.78 Å². The lowest BCUT2D eigenvalue weighted by atomic mass is 10.1. The zero-order valence-electron chi connectivity index (χ0n) is 15.4. The Hall–Kier alpha value is -2.41. The second-order valence-corrected chi connectivity index (χ2v) is 9.55. The van der Waals surface area contributed by atoms with E-state index in [0.29, 0.717) is 16.1 Å². The number of pyridine rings is 1. The number of thioether (sulfide) groups is 1. The first kappa shape index (κ1) is 19.9. The summed E-state index contributed by atoms with van der Waals surface area (Å²) in [5.41, 5.74) is 9.77. The van der Waals surface area contributed by atoms with E-state index in [0.717, 1.165) is 20.1 Å². The van der Waals surface area contributed by atoms with Crippen LogP contribution in [0.25, 0.3) is 5.69 Å². The van der Waals surface area contributed by atoms with E-state index in [1.54, 1.807) is 11.8 Å². The number of rotatable bonds is 6. The standard InChI is InChI=1S/C23H17BrN2OS2/c24-18-11-9-16(10-12-18)15-28-23-20(26-13-5-2-6-14-26)19(25)22(29-23)21(27)17-7-3-1-4-8-17/h1-14H,15H2,(H-,25,27)/p+1. The van der Waals surface area contributed by atoms with Crippen molar-refractivity contribution in [3.8, 4) is 5.69 Å². The number of aromatic nitrogens is 1. The molecule has 4 aromatic rings. The summed E-state index contributed by atoms with van der Waals surface area (Å²) in [5, 5.41) is 0. The number of carbonyl (C=O) groups excluding carboxylic acids is 1. The fourth-order valence-electron chi connectivity index (χ4n) is 2.92. The van der Waals surface area contributed by atoms with Gasteiger partial charge in [0.25, 0.3) is 5.69 Å². The maximum atomic E-state index is 13.1. The average Bonchev–Trinajstić information content (AvgIpc) is 3.10. The van der Waals surface area contributed by atoms with Crippen LogP contribution in [0.4, 0.5) is 5.69 Å². The number of hydrogen-bond donors (Lipinski definition) is 1. The van der Waals surface area contributed by atoms with Crippen LogP contribution >= 0.6 is 39.0 Å². The molecule has 0 aliphatic carbocycles. The monoisotopic (exact) mass is 481 g/mol. The van der Waals surface area contributed by atoms with E-state index in [-0.39, 0.29) is 5.78 Å². The van der Waals surface area contributed by atoms with Gasteiger partial charge >= 0.3 is 0 Å². The number of hydrogen-bond acceptors (Lipinski definition) is 4. The number of thiophene rings is 1. The molecule has 0 saturated carbocycles. The first-order chi connectivity index (χ1) is 14.1. The molecular formula is C23H18BrN2OS2+. The summed E-state index contributed by atoms with van der Waals surface area (Å²) in [6.07, 6.45) is 3.91. The van der Waals surface area contributed by atoms with E-state index in [2.05, 4.69) is 28.1 Å². The molecule has 2 aromatic heterocycles. The van der Waals surface area contributed by atoms with E-state index >= 15 is 0 Å². The van der Waals surface area contributed by atoms with Gasteiger partial charge in [0.05, 0.1) is 0 Å². The number of anilines is 1. The molecule has 0 atom stereocenters. The number of carbonyl (C=O) groups is 1. The van der Waals surface area contributed by atoms with Crippen LogP contribution in [-0.4, -0.2) is 5.78 Å². The third-order valence-corrected chi connectivity index (χ3v) is 7.44. The molecule has 0 bridgehead atoms. The molecule has 6 heteroatoms. The lowest BCUT2D eigenvalue weighted by Gasteiger charge is -2.02. The fourth-order valence-corrected chi connectivity index (χ4v) is 5.61. The maximum Gasteiger partial charge on any atom is 0.259 e. The van der Waals surface area contributed by atoms with Crippen LogP contribution in [0.1, 0.15) is 20.8 Å². The van der Waals surface area contributed by atoms with Crippen LogP contribution in [0, 0.1) is 0 Å². The van der Waals surface area contributed by atoms with E-state index in [9.17, 15) is 4.79 Å². The van der Waals surface area contributed by atoms with Crippen LogP contribution in [0.3, 0.4) is 0 Å². The first-order valence-electron chi connectivity index (χ1n) is 8.99. The number of nitrogen functional groups attached to an aromatic ring is 1. The van der Waals surface area contributed by atoms with Gasteiger partial charge in [-0.1, -0.05) is 64.5 Å². The lowest BCUT2D eigenvalue weighted by molar-refractivity contribution is -0.596. The second kappa shape index (κ2) is 8.95. The summed E-state index contributed by atoms with van der Waals surface area (Å²) >= 11 is 6.64. The van der Waals surface area contributed by atoms with Crippen molar-refractivity contribution >= 4 is 50.5 Å². The number of benzene rings is 2. The van der Waals surface area contributed by atoms with Gasteiger partial charge in [0, 0.05) is 27.9 Å². The smallest absolute Gasteiger partial charge is 0.259 e. The van der Waals surface area contributed by atoms with Crippen molar-refractivity contribution in [3.63, 3.8) is 0 Å². The van der Waals surface area contributed by atoms with Crippen molar-refractivity contribution < 1.29 is 9.36 Å². The van der Waals surface area contributed by atoms with Crippen LogP contribution in [0.15, 0.2) is 93.9 Å². The Balaban J connectivity index is 1.72. The van der Waals surface area contributed by atoms with Crippen LogP contribution in [0.5, 0.6) is 0 Å². The van der Waals surface area contributed by atoms with Crippen molar-refractivity contribution in [2.75, 3.05) is 5.73 Å². The topological polar surface area (TPSA) is 47.0 Å². The molecule has 0 radical (unpaired) electrons. The normalized spacial score (nSPS) is 10.8. The van der Waals surface area contributed by atoms with Crippen molar-refractivity contribution in [1.82, 2.24) is 0 Å². The molecule has 0 unspecified atom stereocenters. The van der Waals surface area contributed by atoms with Gasteiger partial charge in [-0.25, -0.2) is 0 Å². The van der Waals surface area contributed by atoms with Gasteiger partial charge < -0.3 is 5.73 Å². The summed E-state index contributed by atoms with van der Waals surface area (Å²) in [4.78, 5) is 13.7. The largest absolute Gasteiger partial charge is 0.392 e. The van der Waals surface area contributed by atoms with E-state index in [4.69, 9.17) is 5.73 Å². The Morgan fingerprint density at radius 1 is 0.966 bits per heavy atom. The average molecular weight is 482 g/mol. The fraction of sp³-hybridized carbons (Fsp3) is 0.0435. The molecule has 29 heavy (non-hydrogen) atoms. The molecule has 0 saturated heterocycles. The third kappa shape index (κ3) is 4.45. The Morgan fingerprint density at radius 2 is 1.62 bits per heavy atom. The van der Waals surface area contributed by atoms with Crippen molar-refractivity contribution in [2.24, 2.45) is 0 Å². The highest BCUT2D eigenvalue weighted by molar-refractivity contribution is 9.10. The third-order valence-electron chi connectivity index (χ3n) is 4.39. The lowest BCUT2D eigenvalue weighted by Crippen LogP contribution is -2.30. The summed E-state index contributed by atoms with van der Waals surface area (Å²) in [6.45, 7) is 0. The molecule has 0 fully saturated rings. The van der Waals surface area contributed by atoms with Gasteiger partial charge in [0.15, 0.2) is 12.4 Å². The minimum Gasteiger partial charge on any atom is -0.392 e. The molecule has 3 nitrogen and oxygen atoms in total. The summed E-state index contributed by atoms with van der Waals surface area (Å²) in [5.74, 6) is 0.758. The van der Waals surface area contributed by atoms with E-state index in [1.807, 2.05) is 77.6 Å². The Bertz CT molecular complexity index is 1130. The number of ketones is 1. The Morgan fingerprint density at radius 3 is 2.31 bits per heavy atom. The summed E-state index contributed by atoms with van der Waals surface area (Å²) < 4.78 is 4.07. The van der Waals surface area contributed by atoms with Gasteiger partial charge in [-0.2, -0.15) is 4.57 Å². The molecule has 2 N–H and O–H groups in total. The molecule has 4 rings (SSSR count). The van der Waals surface area contributed by atoms with Crippen LogP contribution < -0.4 is 10.3 Å². The van der Waals surface area contributed by atoms with Crippen molar-refractivity contribution in [3.05, 3.63) is 106 Å². The number of nitrogens with two attached hydrogens (primary N) is 1. The zero-order valence-corrected chi connectivity index (χ0v) is 18.6. The van der Waals surface area contributed by atoms with Gasteiger partial charge in [0.1, 0.15) is 14.8 Å². The summed E-state index contributed by atoms with van der Waals surface area (Å²) in [7, 11) is 0. The van der Waals surface area contributed by atoms with Crippen LogP contribution in [-0.2, 0) is 5.75 Å². The minimum atomic E-state index is -0.0404. The molecule has 0 amide bonds. The van der Waals surface area contributed by atoms with Gasteiger partial charge in [-0.15, -0.1) is 23.1 Å². The number of halogens is 1. The highest BCUT2D eigenvalue weighted by Crippen LogP contribution is 2.40. The highest BCUT2D eigenvalue weighted by atomic mass is 79.9. The molecular weight excluding hydrogens is 464 g/mol. The second-order valence-electron chi connectivity index (χ2n) is 6.37. The number of nitrogens with zero attached hydrogens (tertiary/aromatic N) is 1. The highest BCUT2D eigenvalue weighted by Gasteiger charge is 2.28. The molecule has 0 aliphatic rings. The minimum absolute atomic E-state index is 0.0404. The SMILES string of the molecule is Nc1c(C(=O)c2ccccc2)sc(SCc2ccc(Br)cc2)c1-[n+]1ccccc1. The van der Waals surface area contributed by atoms with E-state index in [1.165, 1.54) is 16.9 Å². The Kier molecular flexibility index (Phi) is 6.13. The molecule has 2 aromatic carbocycles. The van der Waals surface area contributed by atoms with Gasteiger partial charge in [-0.05, 0) is 17.7 Å². The maximum absolute atomic E-state index is 13.1. The van der Waals surface area contributed by atoms with Crippen molar-refractivity contribution in [1.29, 1.82) is 0 Å². The summed E-state index contributed by atoms with van der Waals surface area (Å²) in [6, 6.07) is 23.4. The molecule has 0 aliphatic heterocycles. The molecule has 2 heterocycles. The molecule has 0 spiro atoms. The first-order valence-corrected chi connectivity index (χ1v) is 11.6. The molecule has 144 valence electrons. The Labute approximate surface area is 186 Å². The predicted octanol–water partition coefficient (Wildman–Crippen LogP) is 5.89.